The maximum absolute atomic E-state index is 5.16. The third-order valence-corrected chi connectivity index (χ3v) is 4.07. The highest BCUT2D eigenvalue weighted by Crippen LogP contribution is 2.29. The highest BCUT2D eigenvalue weighted by Gasteiger charge is 2.04. The van der Waals surface area contributed by atoms with Crippen LogP contribution in [0, 0.1) is 6.92 Å². The molecule has 0 aliphatic rings. The summed E-state index contributed by atoms with van der Waals surface area (Å²) in [6, 6.07) is 10.2. The van der Waals surface area contributed by atoms with Crippen molar-refractivity contribution >= 4 is 11.8 Å². The number of ether oxygens (including phenoxy) is 1. The van der Waals surface area contributed by atoms with Gasteiger partial charge in [-0.2, -0.15) is 0 Å². The number of rotatable bonds is 6. The van der Waals surface area contributed by atoms with E-state index in [1.54, 1.807) is 18.9 Å². The van der Waals surface area contributed by atoms with Crippen LogP contribution >= 0.6 is 11.8 Å². The lowest BCUT2D eigenvalue weighted by molar-refractivity contribution is 0.414. The Morgan fingerprint density at radius 3 is 2.60 bits per heavy atom. The summed E-state index contributed by atoms with van der Waals surface area (Å²) in [5.74, 6) is 0.875. The number of hydrogen-bond acceptors (Lipinski definition) is 4. The second-order valence-corrected chi connectivity index (χ2v) is 5.59. The molecule has 0 saturated carbocycles. The molecular weight excluding hydrogens is 268 g/mol. The van der Waals surface area contributed by atoms with E-state index in [1.165, 1.54) is 16.0 Å². The van der Waals surface area contributed by atoms with Gasteiger partial charge in [0.15, 0.2) is 0 Å². The van der Waals surface area contributed by atoms with E-state index < -0.39 is 0 Å². The predicted molar refractivity (Wildman–Crippen MR) is 83.5 cm³/mol. The van der Waals surface area contributed by atoms with E-state index >= 15 is 0 Å². The van der Waals surface area contributed by atoms with E-state index in [2.05, 4.69) is 42.3 Å². The number of nitrogens with zero attached hydrogens (tertiary/aromatic N) is 1. The Morgan fingerprint density at radius 1 is 1.25 bits per heavy atom. The second kappa shape index (κ2) is 7.31. The molecule has 2 aromatic rings. The minimum atomic E-state index is 0.873. The second-order valence-electron chi connectivity index (χ2n) is 4.52. The van der Waals surface area contributed by atoms with Crippen LogP contribution < -0.4 is 10.1 Å². The minimum Gasteiger partial charge on any atom is -0.497 e. The van der Waals surface area contributed by atoms with Crippen molar-refractivity contribution in [2.75, 3.05) is 13.7 Å². The van der Waals surface area contributed by atoms with Crippen LogP contribution in [-0.4, -0.2) is 18.6 Å². The molecule has 0 amide bonds. The van der Waals surface area contributed by atoms with Crippen LogP contribution in [0.1, 0.15) is 18.1 Å². The monoisotopic (exact) mass is 288 g/mol. The molecule has 1 aromatic heterocycles. The Kier molecular flexibility index (Phi) is 5.44. The zero-order chi connectivity index (χ0) is 14.4. The summed E-state index contributed by atoms with van der Waals surface area (Å²) in [6.45, 7) is 6.06. The molecule has 0 bridgehead atoms. The van der Waals surface area contributed by atoms with Gasteiger partial charge in [-0.1, -0.05) is 24.8 Å². The molecule has 0 aliphatic carbocycles. The molecule has 1 N–H and O–H groups in total. The smallest absolute Gasteiger partial charge is 0.118 e. The van der Waals surface area contributed by atoms with Crippen molar-refractivity contribution in [2.24, 2.45) is 0 Å². The number of nitrogens with one attached hydrogen (secondary N) is 1. The molecule has 4 heteroatoms. The summed E-state index contributed by atoms with van der Waals surface area (Å²) in [5.41, 5.74) is 2.43. The van der Waals surface area contributed by atoms with Crippen molar-refractivity contribution in [1.29, 1.82) is 0 Å². The molecule has 0 fully saturated rings. The van der Waals surface area contributed by atoms with E-state index in [4.69, 9.17) is 4.74 Å². The van der Waals surface area contributed by atoms with Gasteiger partial charge in [-0.3, -0.25) is 0 Å². The number of hydrogen-bond donors (Lipinski definition) is 1. The molecule has 106 valence electrons. The van der Waals surface area contributed by atoms with Gasteiger partial charge in [-0.15, -0.1) is 0 Å². The van der Waals surface area contributed by atoms with E-state index in [9.17, 15) is 0 Å². The maximum Gasteiger partial charge on any atom is 0.118 e. The molecule has 1 aromatic carbocycles. The van der Waals surface area contributed by atoms with Crippen molar-refractivity contribution in [2.45, 2.75) is 30.3 Å². The van der Waals surface area contributed by atoms with Crippen LogP contribution in [0.3, 0.4) is 0 Å². The molecule has 3 nitrogen and oxygen atoms in total. The van der Waals surface area contributed by atoms with Crippen molar-refractivity contribution in [1.82, 2.24) is 10.3 Å². The molecule has 20 heavy (non-hydrogen) atoms. The van der Waals surface area contributed by atoms with E-state index in [-0.39, 0.29) is 0 Å². The number of aromatic nitrogens is 1. The van der Waals surface area contributed by atoms with Gasteiger partial charge >= 0.3 is 0 Å². The largest absolute Gasteiger partial charge is 0.497 e. The quantitative estimate of drug-likeness (QED) is 0.879. The van der Waals surface area contributed by atoms with Gasteiger partial charge in [0.05, 0.1) is 7.11 Å². The van der Waals surface area contributed by atoms with Gasteiger partial charge in [0, 0.05) is 17.6 Å². The van der Waals surface area contributed by atoms with Crippen LogP contribution in [0.2, 0.25) is 0 Å². The Labute approximate surface area is 124 Å². The first kappa shape index (κ1) is 14.9. The molecule has 0 aliphatic heterocycles. The van der Waals surface area contributed by atoms with Crippen molar-refractivity contribution in [3.8, 4) is 5.75 Å². The summed E-state index contributed by atoms with van der Waals surface area (Å²) in [5, 5.41) is 4.36. The number of methoxy groups -OCH3 is 1. The normalized spacial score (nSPS) is 10.6. The fourth-order valence-electron chi connectivity index (χ4n) is 1.85. The number of benzene rings is 1. The van der Waals surface area contributed by atoms with E-state index in [1.807, 2.05) is 18.3 Å². The van der Waals surface area contributed by atoms with Crippen LogP contribution in [0.15, 0.2) is 46.5 Å². The highest BCUT2D eigenvalue weighted by molar-refractivity contribution is 7.99. The summed E-state index contributed by atoms with van der Waals surface area (Å²) >= 11 is 1.68. The first-order valence-corrected chi connectivity index (χ1v) is 7.52. The molecule has 1 heterocycles. The predicted octanol–water partition coefficient (Wildman–Crippen LogP) is 3.66. The number of aryl methyl sites for hydroxylation is 1. The molecule has 0 atom stereocenters. The number of pyridine rings is 1. The van der Waals surface area contributed by atoms with Gasteiger partial charge in [0.1, 0.15) is 10.8 Å². The molecule has 0 spiro atoms. The first-order valence-electron chi connectivity index (χ1n) is 6.71. The third kappa shape index (κ3) is 3.99. The Hall–Kier alpha value is -1.52. The molecule has 2 rings (SSSR count). The average Bonchev–Trinajstić information content (AvgIpc) is 2.48. The maximum atomic E-state index is 5.16. The lowest BCUT2D eigenvalue weighted by Gasteiger charge is -2.08. The average molecular weight is 288 g/mol. The fourth-order valence-corrected chi connectivity index (χ4v) is 2.67. The molecule has 0 saturated heterocycles. The van der Waals surface area contributed by atoms with Gasteiger partial charge < -0.3 is 10.1 Å². The third-order valence-electron chi connectivity index (χ3n) is 2.94. The van der Waals surface area contributed by atoms with Crippen LogP contribution in [0.5, 0.6) is 5.75 Å². The highest BCUT2D eigenvalue weighted by atomic mass is 32.2. The topological polar surface area (TPSA) is 34.2 Å². The molecular formula is C16H20N2OS. The Bertz CT molecular complexity index is 555. The van der Waals surface area contributed by atoms with Gasteiger partial charge in [0.2, 0.25) is 0 Å². The van der Waals surface area contributed by atoms with E-state index in [0.29, 0.717) is 0 Å². The zero-order valence-electron chi connectivity index (χ0n) is 12.1. The summed E-state index contributed by atoms with van der Waals surface area (Å²) in [4.78, 5) is 5.73. The Balaban J connectivity index is 2.08. The standard InChI is InChI=1S/C16H20N2OS/c1-4-17-10-13-9-12(2)16(18-11-13)20-15-7-5-14(19-3)6-8-15/h5-9,11,17H,4,10H2,1-3H3. The van der Waals surface area contributed by atoms with Crippen LogP contribution in [0.4, 0.5) is 0 Å². The fraction of sp³-hybridized carbons (Fsp3) is 0.312. The lowest BCUT2D eigenvalue weighted by atomic mass is 10.2. The van der Waals surface area contributed by atoms with Gasteiger partial charge in [-0.05, 0) is 48.9 Å². The Morgan fingerprint density at radius 2 is 2.00 bits per heavy atom. The van der Waals surface area contributed by atoms with Crippen molar-refractivity contribution in [3.05, 3.63) is 47.7 Å². The summed E-state index contributed by atoms with van der Waals surface area (Å²) < 4.78 is 5.16. The van der Waals surface area contributed by atoms with E-state index in [0.717, 1.165) is 23.9 Å². The van der Waals surface area contributed by atoms with Gasteiger partial charge in [-0.25, -0.2) is 4.98 Å². The molecule has 0 radical (unpaired) electrons. The van der Waals surface area contributed by atoms with Crippen LogP contribution in [-0.2, 0) is 6.54 Å². The lowest BCUT2D eigenvalue weighted by Crippen LogP contribution is -2.12. The summed E-state index contributed by atoms with van der Waals surface area (Å²) in [6.07, 6.45) is 1.95. The van der Waals surface area contributed by atoms with Crippen molar-refractivity contribution < 1.29 is 4.74 Å². The minimum absolute atomic E-state index is 0.873. The zero-order valence-corrected chi connectivity index (χ0v) is 13.0. The van der Waals surface area contributed by atoms with Crippen molar-refractivity contribution in [3.63, 3.8) is 0 Å². The molecule has 0 unspecified atom stereocenters. The SMILES string of the molecule is CCNCc1cnc(Sc2ccc(OC)cc2)c(C)c1. The van der Waals surface area contributed by atoms with Crippen LogP contribution in [0.25, 0.3) is 0 Å². The summed E-state index contributed by atoms with van der Waals surface area (Å²) in [7, 11) is 1.68. The first-order chi connectivity index (χ1) is 9.72. The van der Waals surface area contributed by atoms with Gasteiger partial charge in [0.25, 0.3) is 0 Å².